The predicted molar refractivity (Wildman–Crippen MR) is 98.6 cm³/mol. The van der Waals surface area contributed by atoms with Crippen LogP contribution in [-0.4, -0.2) is 15.7 Å². The topological polar surface area (TPSA) is 63.3 Å². The van der Waals surface area contributed by atoms with Gasteiger partial charge in [-0.2, -0.15) is 10.1 Å². The van der Waals surface area contributed by atoms with E-state index >= 15 is 0 Å². The first kappa shape index (κ1) is 15.1. The number of benzene rings is 2. The van der Waals surface area contributed by atoms with E-state index in [4.69, 9.17) is 4.42 Å². The van der Waals surface area contributed by atoms with E-state index in [0.717, 1.165) is 28.1 Å². The highest BCUT2D eigenvalue weighted by molar-refractivity contribution is 6.00. The highest BCUT2D eigenvalue weighted by Gasteiger charge is 2.08. The van der Waals surface area contributed by atoms with Crippen LogP contribution in [-0.2, 0) is 6.42 Å². The number of anilines is 1. The molecule has 0 unspecified atom stereocenters. The summed E-state index contributed by atoms with van der Waals surface area (Å²) >= 11 is 0. The van der Waals surface area contributed by atoms with Crippen molar-refractivity contribution in [3.63, 3.8) is 0 Å². The number of para-hydroxylation sites is 2. The second-order valence-corrected chi connectivity index (χ2v) is 5.53. The van der Waals surface area contributed by atoms with Crippen molar-refractivity contribution in [1.82, 2.24) is 9.97 Å². The summed E-state index contributed by atoms with van der Waals surface area (Å²) in [4.78, 5) is 8.79. The number of hydrazone groups is 1. The summed E-state index contributed by atoms with van der Waals surface area (Å²) in [6, 6.07) is 23.9. The molecule has 0 atom stereocenters. The van der Waals surface area contributed by atoms with Crippen LogP contribution in [0.25, 0.3) is 11.1 Å². The zero-order valence-corrected chi connectivity index (χ0v) is 13.5. The lowest BCUT2D eigenvalue weighted by atomic mass is 10.1. The second kappa shape index (κ2) is 6.97. The summed E-state index contributed by atoms with van der Waals surface area (Å²) < 4.78 is 5.65. The van der Waals surface area contributed by atoms with E-state index < -0.39 is 0 Å². The molecule has 2 heterocycles. The Morgan fingerprint density at radius 1 is 0.920 bits per heavy atom. The van der Waals surface area contributed by atoms with Gasteiger partial charge in [-0.15, -0.1) is 0 Å². The van der Waals surface area contributed by atoms with Crippen LogP contribution in [0.5, 0.6) is 0 Å². The molecule has 0 saturated heterocycles. The van der Waals surface area contributed by atoms with Crippen LogP contribution in [0.4, 0.5) is 6.01 Å². The van der Waals surface area contributed by atoms with Gasteiger partial charge in [-0.25, -0.2) is 5.43 Å². The SMILES string of the molecule is c1ccc(C/C(=N\Nc2nc3ccccc3o2)c2ccccn2)cc1. The van der Waals surface area contributed by atoms with Crippen molar-refractivity contribution in [1.29, 1.82) is 0 Å². The number of nitrogens with one attached hydrogen (secondary N) is 1. The molecule has 4 aromatic rings. The first-order chi connectivity index (χ1) is 12.4. The molecule has 0 fully saturated rings. The first-order valence-electron chi connectivity index (χ1n) is 8.02. The highest BCUT2D eigenvalue weighted by Crippen LogP contribution is 2.18. The Kier molecular flexibility index (Phi) is 4.20. The maximum absolute atomic E-state index is 5.65. The first-order valence-corrected chi connectivity index (χ1v) is 8.02. The van der Waals surface area contributed by atoms with Crippen LogP contribution in [0.15, 0.2) is 88.5 Å². The maximum Gasteiger partial charge on any atom is 0.316 e. The lowest BCUT2D eigenvalue weighted by Gasteiger charge is -2.06. The molecular formula is C20H16N4O. The van der Waals surface area contributed by atoms with Crippen molar-refractivity contribution in [3.8, 4) is 0 Å². The van der Waals surface area contributed by atoms with Crippen LogP contribution < -0.4 is 5.43 Å². The summed E-state index contributed by atoms with van der Waals surface area (Å²) in [7, 11) is 0. The summed E-state index contributed by atoms with van der Waals surface area (Å²) in [5.41, 5.74) is 7.23. The number of oxazole rings is 1. The minimum absolute atomic E-state index is 0.364. The molecule has 25 heavy (non-hydrogen) atoms. The Morgan fingerprint density at radius 2 is 1.72 bits per heavy atom. The smallest absolute Gasteiger partial charge is 0.316 e. The molecule has 2 aromatic carbocycles. The summed E-state index contributed by atoms with van der Waals surface area (Å²) in [5, 5.41) is 4.50. The van der Waals surface area contributed by atoms with Gasteiger partial charge in [0.15, 0.2) is 5.58 Å². The molecule has 0 bridgehead atoms. The van der Waals surface area contributed by atoms with Crippen molar-refractivity contribution >= 4 is 22.8 Å². The van der Waals surface area contributed by atoms with Gasteiger partial charge in [-0.1, -0.05) is 48.5 Å². The Hall–Kier alpha value is -3.47. The zero-order valence-electron chi connectivity index (χ0n) is 13.5. The molecule has 0 aliphatic rings. The largest absolute Gasteiger partial charge is 0.422 e. The molecule has 1 N–H and O–H groups in total. The molecule has 0 spiro atoms. The minimum atomic E-state index is 0.364. The van der Waals surface area contributed by atoms with Crippen molar-refractivity contribution in [2.45, 2.75) is 6.42 Å². The third-order valence-electron chi connectivity index (χ3n) is 3.76. The fourth-order valence-electron chi connectivity index (χ4n) is 2.55. The van der Waals surface area contributed by atoms with Crippen LogP contribution >= 0.6 is 0 Å². The number of aromatic nitrogens is 2. The van der Waals surface area contributed by atoms with Gasteiger partial charge in [0.25, 0.3) is 0 Å². The van der Waals surface area contributed by atoms with E-state index in [1.165, 1.54) is 0 Å². The van der Waals surface area contributed by atoms with E-state index in [-0.39, 0.29) is 0 Å². The van der Waals surface area contributed by atoms with E-state index in [1.54, 1.807) is 6.20 Å². The Bertz CT molecular complexity index is 961. The van der Waals surface area contributed by atoms with Crippen molar-refractivity contribution < 1.29 is 4.42 Å². The second-order valence-electron chi connectivity index (χ2n) is 5.53. The lowest BCUT2D eigenvalue weighted by molar-refractivity contribution is 0.617. The zero-order chi connectivity index (χ0) is 16.9. The van der Waals surface area contributed by atoms with Gasteiger partial charge in [-0.3, -0.25) is 4.98 Å². The van der Waals surface area contributed by atoms with Gasteiger partial charge in [0.1, 0.15) is 5.52 Å². The summed E-state index contributed by atoms with van der Waals surface area (Å²) in [6.07, 6.45) is 2.42. The number of hydrogen-bond donors (Lipinski definition) is 1. The number of hydrogen-bond acceptors (Lipinski definition) is 5. The molecular weight excluding hydrogens is 312 g/mol. The van der Waals surface area contributed by atoms with E-state index in [2.05, 4.69) is 32.6 Å². The van der Waals surface area contributed by atoms with Gasteiger partial charge in [-0.05, 0) is 29.8 Å². The molecule has 5 nitrogen and oxygen atoms in total. The molecule has 122 valence electrons. The third kappa shape index (κ3) is 3.55. The van der Waals surface area contributed by atoms with Crippen molar-refractivity contribution in [2.75, 3.05) is 5.43 Å². The van der Waals surface area contributed by atoms with Gasteiger partial charge in [0.2, 0.25) is 0 Å². The summed E-state index contributed by atoms with van der Waals surface area (Å²) in [5.74, 6) is 0. The number of rotatable bonds is 5. The number of pyridine rings is 1. The molecule has 0 aliphatic carbocycles. The quantitative estimate of drug-likeness (QED) is 0.439. The lowest BCUT2D eigenvalue weighted by Crippen LogP contribution is -2.10. The standard InChI is InChI=1S/C20H16N4O/c1-2-8-15(9-3-1)14-18(16-10-6-7-13-21-16)23-24-20-22-17-11-4-5-12-19(17)25-20/h1-13H,14H2,(H,22,24)/b23-18+. The Labute approximate surface area is 145 Å². The van der Waals surface area contributed by atoms with Crippen molar-refractivity contribution in [2.24, 2.45) is 5.10 Å². The average Bonchev–Trinajstić information content (AvgIpc) is 3.09. The molecule has 2 aromatic heterocycles. The van der Waals surface area contributed by atoms with Crippen molar-refractivity contribution in [3.05, 3.63) is 90.3 Å². The average molecular weight is 328 g/mol. The molecule has 0 aliphatic heterocycles. The van der Waals surface area contributed by atoms with Gasteiger partial charge in [0, 0.05) is 12.6 Å². The minimum Gasteiger partial charge on any atom is -0.422 e. The Balaban J connectivity index is 1.63. The molecule has 0 amide bonds. The molecule has 0 radical (unpaired) electrons. The fraction of sp³-hybridized carbons (Fsp3) is 0.0500. The molecule has 5 heteroatoms. The van der Waals surface area contributed by atoms with Crippen LogP contribution in [0.1, 0.15) is 11.3 Å². The van der Waals surface area contributed by atoms with Crippen LogP contribution in [0.3, 0.4) is 0 Å². The predicted octanol–water partition coefficient (Wildman–Crippen LogP) is 4.28. The van der Waals surface area contributed by atoms with Crippen LogP contribution in [0, 0.1) is 0 Å². The molecule has 0 saturated carbocycles. The van der Waals surface area contributed by atoms with E-state index in [1.807, 2.05) is 60.7 Å². The Morgan fingerprint density at radius 3 is 2.52 bits per heavy atom. The van der Waals surface area contributed by atoms with Gasteiger partial charge in [0.05, 0.1) is 11.4 Å². The van der Waals surface area contributed by atoms with Gasteiger partial charge < -0.3 is 4.42 Å². The fourth-order valence-corrected chi connectivity index (χ4v) is 2.55. The number of nitrogens with zero attached hydrogens (tertiary/aromatic N) is 3. The molecule has 4 rings (SSSR count). The van der Waals surface area contributed by atoms with E-state index in [0.29, 0.717) is 12.4 Å². The normalized spacial score (nSPS) is 11.6. The number of fused-ring (bicyclic) bond motifs is 1. The monoisotopic (exact) mass is 328 g/mol. The van der Waals surface area contributed by atoms with Gasteiger partial charge >= 0.3 is 6.01 Å². The van der Waals surface area contributed by atoms with E-state index in [9.17, 15) is 0 Å². The van der Waals surface area contributed by atoms with Crippen LogP contribution in [0.2, 0.25) is 0 Å². The highest BCUT2D eigenvalue weighted by atomic mass is 16.4. The summed E-state index contributed by atoms with van der Waals surface area (Å²) in [6.45, 7) is 0. The maximum atomic E-state index is 5.65. The third-order valence-corrected chi connectivity index (χ3v) is 3.76.